The Kier molecular flexibility index (Phi) is 2.98. The van der Waals surface area contributed by atoms with E-state index >= 15 is 0 Å². The van der Waals surface area contributed by atoms with E-state index in [2.05, 4.69) is 15.3 Å². The van der Waals surface area contributed by atoms with Crippen molar-refractivity contribution in [2.75, 3.05) is 0 Å². The zero-order valence-corrected chi connectivity index (χ0v) is 10.6. The zero-order chi connectivity index (χ0) is 13.4. The molecule has 1 aromatic carbocycles. The molecule has 2 aromatic rings. The lowest BCUT2D eigenvalue weighted by Gasteiger charge is -2.00. The molecule has 1 fully saturated rings. The Morgan fingerprint density at radius 2 is 2.05 bits per heavy atom. The van der Waals surface area contributed by atoms with Crippen LogP contribution in [0.4, 0.5) is 8.78 Å². The molecule has 0 spiro atoms. The van der Waals surface area contributed by atoms with Crippen LogP contribution in [0, 0.1) is 16.4 Å². The molecular weight excluding hydrogens is 270 g/mol. The fourth-order valence-corrected chi connectivity index (χ4v) is 1.96. The Morgan fingerprint density at radius 3 is 2.68 bits per heavy atom. The van der Waals surface area contributed by atoms with E-state index in [1.807, 2.05) is 0 Å². The minimum atomic E-state index is -0.660. The average Bonchev–Trinajstić information content (AvgIpc) is 3.15. The van der Waals surface area contributed by atoms with Crippen LogP contribution in [0.2, 0.25) is 0 Å². The molecule has 19 heavy (non-hydrogen) atoms. The van der Waals surface area contributed by atoms with Crippen molar-refractivity contribution in [2.45, 2.75) is 18.8 Å². The molecular formula is C12H10F2N4S. The van der Waals surface area contributed by atoms with Crippen molar-refractivity contribution in [3.05, 3.63) is 46.0 Å². The number of halogens is 2. The third-order valence-electron chi connectivity index (χ3n) is 2.92. The number of nitrogens with one attached hydrogen (secondary N) is 1. The lowest BCUT2D eigenvalue weighted by atomic mass is 10.2. The van der Waals surface area contributed by atoms with Crippen molar-refractivity contribution >= 4 is 18.4 Å². The van der Waals surface area contributed by atoms with Gasteiger partial charge in [-0.05, 0) is 37.2 Å². The summed E-state index contributed by atoms with van der Waals surface area (Å²) in [6, 6.07) is 3.67. The SMILES string of the molecule is Fc1cccc(F)c1/C=N\n1c(C2CC2)n[nH]c1=S. The molecule has 1 aromatic heterocycles. The van der Waals surface area contributed by atoms with Gasteiger partial charge in [0, 0.05) is 5.92 Å². The number of aromatic amines is 1. The van der Waals surface area contributed by atoms with Gasteiger partial charge in [0.2, 0.25) is 4.77 Å². The van der Waals surface area contributed by atoms with Gasteiger partial charge in [0.25, 0.3) is 0 Å². The average molecular weight is 280 g/mol. The molecule has 0 atom stereocenters. The Morgan fingerprint density at radius 1 is 1.37 bits per heavy atom. The summed E-state index contributed by atoms with van der Waals surface area (Å²) in [5.41, 5.74) is -0.188. The van der Waals surface area contributed by atoms with E-state index in [0.29, 0.717) is 16.5 Å². The predicted molar refractivity (Wildman–Crippen MR) is 68.7 cm³/mol. The van der Waals surface area contributed by atoms with Gasteiger partial charge < -0.3 is 0 Å². The molecule has 1 saturated carbocycles. The predicted octanol–water partition coefficient (Wildman–Crippen LogP) is 2.98. The highest BCUT2D eigenvalue weighted by molar-refractivity contribution is 7.71. The quantitative estimate of drug-likeness (QED) is 0.694. The van der Waals surface area contributed by atoms with Crippen LogP contribution in [-0.4, -0.2) is 21.1 Å². The Hall–Kier alpha value is -1.89. The van der Waals surface area contributed by atoms with E-state index < -0.39 is 11.6 Å². The van der Waals surface area contributed by atoms with Gasteiger partial charge in [0.15, 0.2) is 5.82 Å². The maximum Gasteiger partial charge on any atom is 0.216 e. The first-order valence-electron chi connectivity index (χ1n) is 5.82. The van der Waals surface area contributed by atoms with Crippen molar-refractivity contribution in [1.82, 2.24) is 14.9 Å². The Balaban J connectivity index is 1.99. The summed E-state index contributed by atoms with van der Waals surface area (Å²) in [6.07, 6.45) is 3.19. The van der Waals surface area contributed by atoms with Crippen LogP contribution >= 0.6 is 12.2 Å². The lowest BCUT2D eigenvalue weighted by molar-refractivity contribution is 0.579. The minimum absolute atomic E-state index is 0.188. The van der Waals surface area contributed by atoms with Gasteiger partial charge >= 0.3 is 0 Å². The van der Waals surface area contributed by atoms with Crippen LogP contribution in [0.5, 0.6) is 0 Å². The second-order valence-corrected chi connectivity index (χ2v) is 4.74. The van der Waals surface area contributed by atoms with Gasteiger partial charge in [-0.3, -0.25) is 5.10 Å². The van der Waals surface area contributed by atoms with Crippen LogP contribution < -0.4 is 0 Å². The van der Waals surface area contributed by atoms with Gasteiger partial charge in [-0.1, -0.05) is 6.07 Å². The Labute approximate surface area is 112 Å². The molecule has 0 saturated heterocycles. The highest BCUT2D eigenvalue weighted by Gasteiger charge is 2.29. The van der Waals surface area contributed by atoms with Gasteiger partial charge in [-0.25, -0.2) is 8.78 Å². The number of H-pyrrole nitrogens is 1. The number of hydrogen-bond donors (Lipinski definition) is 1. The van der Waals surface area contributed by atoms with E-state index in [9.17, 15) is 8.78 Å². The first-order valence-corrected chi connectivity index (χ1v) is 6.23. The molecule has 0 amide bonds. The van der Waals surface area contributed by atoms with Crippen LogP contribution in [0.15, 0.2) is 23.3 Å². The summed E-state index contributed by atoms with van der Waals surface area (Å²) in [7, 11) is 0. The van der Waals surface area contributed by atoms with Gasteiger partial charge in [0.05, 0.1) is 11.8 Å². The third-order valence-corrected chi connectivity index (χ3v) is 3.18. The van der Waals surface area contributed by atoms with E-state index in [0.717, 1.165) is 19.1 Å². The fraction of sp³-hybridized carbons (Fsp3) is 0.250. The molecule has 0 aliphatic heterocycles. The minimum Gasteiger partial charge on any atom is -0.250 e. The smallest absolute Gasteiger partial charge is 0.216 e. The zero-order valence-electron chi connectivity index (χ0n) is 9.81. The lowest BCUT2D eigenvalue weighted by Crippen LogP contribution is -2.00. The van der Waals surface area contributed by atoms with Crippen molar-refractivity contribution in [2.24, 2.45) is 5.10 Å². The summed E-state index contributed by atoms with van der Waals surface area (Å²) >= 11 is 5.04. The second kappa shape index (κ2) is 4.65. The van der Waals surface area contributed by atoms with Crippen LogP contribution in [0.3, 0.4) is 0 Å². The molecule has 1 aliphatic rings. The number of aromatic nitrogens is 3. The summed E-state index contributed by atoms with van der Waals surface area (Å²) in [4.78, 5) is 0. The molecule has 4 nitrogen and oxygen atoms in total. The molecule has 0 radical (unpaired) electrons. The topological polar surface area (TPSA) is 46.0 Å². The summed E-state index contributed by atoms with van der Waals surface area (Å²) in [5.74, 6) is -0.285. The summed E-state index contributed by atoms with van der Waals surface area (Å²) in [6.45, 7) is 0. The largest absolute Gasteiger partial charge is 0.250 e. The van der Waals surface area contributed by atoms with E-state index in [4.69, 9.17) is 12.2 Å². The monoisotopic (exact) mass is 280 g/mol. The third kappa shape index (κ3) is 2.33. The highest BCUT2D eigenvalue weighted by Crippen LogP contribution is 2.38. The molecule has 0 bridgehead atoms. The normalized spacial score (nSPS) is 15.3. The van der Waals surface area contributed by atoms with E-state index in [1.54, 1.807) is 0 Å². The van der Waals surface area contributed by atoms with E-state index in [1.165, 1.54) is 22.9 Å². The summed E-state index contributed by atoms with van der Waals surface area (Å²) < 4.78 is 28.7. The maximum absolute atomic E-state index is 13.5. The van der Waals surface area contributed by atoms with Crippen LogP contribution in [0.25, 0.3) is 0 Å². The highest BCUT2D eigenvalue weighted by atomic mass is 32.1. The molecule has 1 N–H and O–H groups in total. The maximum atomic E-state index is 13.5. The van der Waals surface area contributed by atoms with Crippen LogP contribution in [0.1, 0.15) is 30.1 Å². The molecule has 98 valence electrons. The molecule has 7 heteroatoms. The second-order valence-electron chi connectivity index (χ2n) is 4.35. The number of nitrogens with zero attached hydrogens (tertiary/aromatic N) is 3. The fourth-order valence-electron chi connectivity index (χ4n) is 1.77. The summed E-state index contributed by atoms with van der Waals surface area (Å²) in [5, 5.41) is 10.8. The molecule has 3 rings (SSSR count). The van der Waals surface area contributed by atoms with Crippen molar-refractivity contribution in [3.8, 4) is 0 Å². The first-order chi connectivity index (χ1) is 9.16. The van der Waals surface area contributed by atoms with Gasteiger partial charge in [-0.2, -0.15) is 14.9 Å². The standard InChI is InChI=1S/C12H10F2N4S/c13-9-2-1-3-10(14)8(9)6-15-18-11(7-4-5-7)16-17-12(18)19/h1-3,6-7H,4-5H2,(H,17,19)/b15-6-. The van der Waals surface area contributed by atoms with Gasteiger partial charge in [0.1, 0.15) is 11.6 Å². The number of hydrogen-bond acceptors (Lipinski definition) is 3. The Bertz CT molecular complexity index is 680. The van der Waals surface area contributed by atoms with E-state index in [-0.39, 0.29) is 5.56 Å². The van der Waals surface area contributed by atoms with Crippen molar-refractivity contribution in [1.29, 1.82) is 0 Å². The number of rotatable bonds is 3. The molecule has 0 unspecified atom stereocenters. The molecule has 1 heterocycles. The first kappa shape index (κ1) is 12.2. The molecule has 1 aliphatic carbocycles. The van der Waals surface area contributed by atoms with Crippen molar-refractivity contribution in [3.63, 3.8) is 0 Å². The van der Waals surface area contributed by atoms with Crippen molar-refractivity contribution < 1.29 is 8.78 Å². The van der Waals surface area contributed by atoms with Crippen LogP contribution in [-0.2, 0) is 0 Å². The van der Waals surface area contributed by atoms with Gasteiger partial charge in [-0.15, -0.1) is 0 Å². The number of benzene rings is 1.